The molecule has 0 amide bonds. The number of aromatic nitrogens is 2. The zero-order valence-electron chi connectivity index (χ0n) is 6.65. The lowest BCUT2D eigenvalue weighted by molar-refractivity contribution is 1.15. The molecule has 0 radical (unpaired) electrons. The summed E-state index contributed by atoms with van der Waals surface area (Å²) in [7, 11) is 0. The van der Waals surface area contributed by atoms with Gasteiger partial charge >= 0.3 is 0 Å². The maximum Gasteiger partial charge on any atom is 0.183 e. The van der Waals surface area contributed by atoms with Gasteiger partial charge in [-0.2, -0.15) is 5.26 Å². The molecule has 0 saturated carbocycles. The molecular weight excluding hydrogens is 152 g/mol. The third-order valence-corrected chi connectivity index (χ3v) is 1.26. The number of nitrogens with zero attached hydrogens (tertiary/aromatic N) is 3. The Balaban J connectivity index is 3.16. The van der Waals surface area contributed by atoms with E-state index >= 15 is 0 Å². The number of hydrogen-bond acceptors (Lipinski definition) is 4. The van der Waals surface area contributed by atoms with Gasteiger partial charge < -0.3 is 5.73 Å². The van der Waals surface area contributed by atoms with Gasteiger partial charge in [0.1, 0.15) is 6.07 Å². The maximum atomic E-state index is 8.55. The van der Waals surface area contributed by atoms with Crippen LogP contribution in [0.4, 0.5) is 5.82 Å². The third-order valence-electron chi connectivity index (χ3n) is 1.26. The molecule has 1 rings (SSSR count). The molecule has 0 aliphatic heterocycles. The van der Waals surface area contributed by atoms with Crippen molar-refractivity contribution >= 4 is 11.9 Å². The maximum absolute atomic E-state index is 8.55. The molecular formula is C8H8N4. The van der Waals surface area contributed by atoms with Gasteiger partial charge in [0.25, 0.3) is 0 Å². The van der Waals surface area contributed by atoms with Gasteiger partial charge in [-0.15, -0.1) is 0 Å². The number of nitrogen functional groups attached to an aromatic ring is 1. The highest BCUT2D eigenvalue weighted by Gasteiger charge is 2.00. The molecule has 0 atom stereocenters. The highest BCUT2D eigenvalue weighted by atomic mass is 14.9. The monoisotopic (exact) mass is 160 g/mol. The van der Waals surface area contributed by atoms with Crippen LogP contribution in [0.1, 0.15) is 18.3 Å². The molecule has 4 nitrogen and oxygen atoms in total. The van der Waals surface area contributed by atoms with E-state index in [1.54, 1.807) is 6.08 Å². The molecule has 1 aromatic rings. The lowest BCUT2D eigenvalue weighted by Crippen LogP contribution is -1.98. The van der Waals surface area contributed by atoms with Crippen LogP contribution in [-0.2, 0) is 0 Å². The van der Waals surface area contributed by atoms with E-state index in [-0.39, 0.29) is 11.5 Å². The van der Waals surface area contributed by atoms with Crippen molar-refractivity contribution in [2.24, 2.45) is 0 Å². The fraction of sp³-hybridized carbons (Fsp3) is 0.125. The van der Waals surface area contributed by atoms with Crippen LogP contribution in [0.25, 0.3) is 6.08 Å². The Labute approximate surface area is 70.4 Å². The van der Waals surface area contributed by atoms with Crippen LogP contribution in [-0.4, -0.2) is 9.97 Å². The molecule has 1 aromatic heterocycles. The smallest absolute Gasteiger partial charge is 0.183 e. The number of nitrogens with two attached hydrogens (primary N) is 1. The summed E-state index contributed by atoms with van der Waals surface area (Å²) in [4.78, 5) is 7.76. The van der Waals surface area contributed by atoms with E-state index in [1.165, 1.54) is 6.20 Å². The van der Waals surface area contributed by atoms with Crippen LogP contribution in [0.5, 0.6) is 0 Å². The molecule has 4 heteroatoms. The van der Waals surface area contributed by atoms with Crippen LogP contribution >= 0.6 is 0 Å². The van der Waals surface area contributed by atoms with E-state index in [1.807, 2.05) is 19.1 Å². The molecule has 0 aliphatic carbocycles. The lowest BCUT2D eigenvalue weighted by Gasteiger charge is -1.95. The summed E-state index contributed by atoms with van der Waals surface area (Å²) in [5.74, 6) is 0.172. The van der Waals surface area contributed by atoms with E-state index < -0.39 is 0 Å². The number of hydrogen-bond donors (Lipinski definition) is 1. The second-order valence-electron chi connectivity index (χ2n) is 2.14. The number of anilines is 1. The third kappa shape index (κ3) is 1.58. The van der Waals surface area contributed by atoms with E-state index in [9.17, 15) is 0 Å². The molecule has 0 aliphatic rings. The summed E-state index contributed by atoms with van der Waals surface area (Å²) < 4.78 is 0. The first kappa shape index (κ1) is 8.21. The molecule has 12 heavy (non-hydrogen) atoms. The SMILES string of the molecule is C/C=C\c1cnc(N)c(C#N)n1. The minimum Gasteiger partial charge on any atom is -0.381 e. The van der Waals surface area contributed by atoms with E-state index in [2.05, 4.69) is 9.97 Å². The predicted octanol–water partition coefficient (Wildman–Crippen LogP) is 0.964. The van der Waals surface area contributed by atoms with Crippen molar-refractivity contribution in [2.75, 3.05) is 5.73 Å². The topological polar surface area (TPSA) is 75.6 Å². The summed E-state index contributed by atoms with van der Waals surface area (Å²) in [5.41, 5.74) is 6.19. The molecule has 0 fully saturated rings. The van der Waals surface area contributed by atoms with Crippen LogP contribution in [0.3, 0.4) is 0 Å². The summed E-state index contributed by atoms with van der Waals surface area (Å²) in [5, 5.41) is 8.55. The van der Waals surface area contributed by atoms with Gasteiger partial charge in [-0.05, 0) is 13.0 Å². The Bertz CT molecular complexity index is 349. The average molecular weight is 160 g/mol. The van der Waals surface area contributed by atoms with Crippen LogP contribution < -0.4 is 5.73 Å². The largest absolute Gasteiger partial charge is 0.381 e. The molecule has 1 heterocycles. The van der Waals surface area contributed by atoms with Gasteiger partial charge in [0, 0.05) is 0 Å². The highest BCUT2D eigenvalue weighted by molar-refractivity contribution is 5.49. The highest BCUT2D eigenvalue weighted by Crippen LogP contribution is 2.04. The second-order valence-corrected chi connectivity index (χ2v) is 2.14. The summed E-state index contributed by atoms with van der Waals surface area (Å²) >= 11 is 0. The Morgan fingerprint density at radius 3 is 3.00 bits per heavy atom. The lowest BCUT2D eigenvalue weighted by atomic mass is 10.3. The van der Waals surface area contributed by atoms with Crippen molar-refractivity contribution < 1.29 is 0 Å². The van der Waals surface area contributed by atoms with Gasteiger partial charge in [0.2, 0.25) is 0 Å². The van der Waals surface area contributed by atoms with Crippen LogP contribution in [0, 0.1) is 11.3 Å². The van der Waals surface area contributed by atoms with Gasteiger partial charge in [0.15, 0.2) is 11.5 Å². The molecule has 60 valence electrons. The average Bonchev–Trinajstić information content (AvgIpc) is 2.09. The van der Waals surface area contributed by atoms with E-state index in [4.69, 9.17) is 11.0 Å². The van der Waals surface area contributed by atoms with Gasteiger partial charge in [-0.1, -0.05) is 6.08 Å². The molecule has 0 bridgehead atoms. The van der Waals surface area contributed by atoms with E-state index in [0.717, 1.165) is 0 Å². The van der Waals surface area contributed by atoms with Crippen molar-refractivity contribution in [1.29, 1.82) is 5.26 Å². The summed E-state index contributed by atoms with van der Waals surface area (Å²) in [6, 6.07) is 1.86. The molecule has 0 spiro atoms. The Kier molecular flexibility index (Phi) is 2.38. The number of allylic oxidation sites excluding steroid dienone is 1. The van der Waals surface area contributed by atoms with Crippen LogP contribution in [0.15, 0.2) is 12.3 Å². The first-order chi connectivity index (χ1) is 5.77. The number of nitriles is 1. The van der Waals surface area contributed by atoms with Crippen molar-refractivity contribution in [3.63, 3.8) is 0 Å². The first-order valence-electron chi connectivity index (χ1n) is 3.43. The zero-order valence-corrected chi connectivity index (χ0v) is 6.65. The van der Waals surface area contributed by atoms with E-state index in [0.29, 0.717) is 5.69 Å². The van der Waals surface area contributed by atoms with Crippen molar-refractivity contribution in [3.05, 3.63) is 23.7 Å². The fourth-order valence-electron chi connectivity index (χ4n) is 0.745. The van der Waals surface area contributed by atoms with Crippen molar-refractivity contribution in [3.8, 4) is 6.07 Å². The van der Waals surface area contributed by atoms with Crippen LogP contribution in [0.2, 0.25) is 0 Å². The zero-order chi connectivity index (χ0) is 8.97. The normalized spacial score (nSPS) is 10.0. The Hall–Kier alpha value is -1.89. The molecule has 0 aromatic carbocycles. The van der Waals surface area contributed by atoms with Gasteiger partial charge in [-0.25, -0.2) is 9.97 Å². The standard InChI is InChI=1S/C8H8N4/c1-2-3-6-5-11-8(10)7(4-9)12-6/h2-3,5H,1H3,(H2,10,11)/b3-2-. The Morgan fingerprint density at radius 1 is 1.67 bits per heavy atom. The Morgan fingerprint density at radius 2 is 2.42 bits per heavy atom. The summed E-state index contributed by atoms with van der Waals surface area (Å²) in [6.07, 6.45) is 5.10. The first-order valence-corrected chi connectivity index (χ1v) is 3.43. The molecule has 0 unspecified atom stereocenters. The quantitative estimate of drug-likeness (QED) is 0.664. The number of rotatable bonds is 1. The van der Waals surface area contributed by atoms with Crippen molar-refractivity contribution in [2.45, 2.75) is 6.92 Å². The fourth-order valence-corrected chi connectivity index (χ4v) is 0.745. The molecule has 2 N–H and O–H groups in total. The minimum absolute atomic E-state index is 0.172. The van der Waals surface area contributed by atoms with Gasteiger partial charge in [0.05, 0.1) is 11.9 Å². The van der Waals surface area contributed by atoms with Gasteiger partial charge in [-0.3, -0.25) is 0 Å². The minimum atomic E-state index is 0.172. The second kappa shape index (κ2) is 3.49. The van der Waals surface area contributed by atoms with Crippen molar-refractivity contribution in [1.82, 2.24) is 9.97 Å². The predicted molar refractivity (Wildman–Crippen MR) is 45.9 cm³/mol. The molecule has 0 saturated heterocycles. The summed E-state index contributed by atoms with van der Waals surface area (Å²) in [6.45, 7) is 1.87.